The standard InChI is InChI=1S/C10H11F2N3O4/c11-10(12,4-13)5-14-9(17)6-1-2-7(15(18)19)8(16)3-6/h1-3,16H,4-5,13H2,(H,14,17). The van der Waals surface area contributed by atoms with Crippen LogP contribution in [0.3, 0.4) is 0 Å². The zero-order chi connectivity index (χ0) is 14.6. The highest BCUT2D eigenvalue weighted by Gasteiger charge is 2.27. The van der Waals surface area contributed by atoms with E-state index in [1.165, 1.54) is 0 Å². The Morgan fingerprint density at radius 2 is 2.16 bits per heavy atom. The van der Waals surface area contributed by atoms with Gasteiger partial charge >= 0.3 is 5.69 Å². The summed E-state index contributed by atoms with van der Waals surface area (Å²) in [5.74, 6) is -4.85. The topological polar surface area (TPSA) is 118 Å². The van der Waals surface area contributed by atoms with Gasteiger partial charge in [-0.05, 0) is 12.1 Å². The molecule has 0 aliphatic heterocycles. The summed E-state index contributed by atoms with van der Waals surface area (Å²) in [5, 5.41) is 21.6. The van der Waals surface area contributed by atoms with Crippen molar-refractivity contribution < 1.29 is 23.6 Å². The maximum Gasteiger partial charge on any atom is 0.310 e. The smallest absolute Gasteiger partial charge is 0.310 e. The first-order valence-electron chi connectivity index (χ1n) is 5.10. The monoisotopic (exact) mass is 275 g/mol. The van der Waals surface area contributed by atoms with Crippen molar-refractivity contribution in [2.24, 2.45) is 5.73 Å². The number of amides is 1. The Morgan fingerprint density at radius 1 is 1.53 bits per heavy atom. The third kappa shape index (κ3) is 3.85. The summed E-state index contributed by atoms with van der Waals surface area (Å²) in [6, 6.07) is 2.78. The molecule has 19 heavy (non-hydrogen) atoms. The van der Waals surface area contributed by atoms with E-state index in [2.05, 4.69) is 0 Å². The molecule has 4 N–H and O–H groups in total. The number of nitrogens with two attached hydrogens (primary N) is 1. The summed E-state index contributed by atoms with van der Waals surface area (Å²) in [6.45, 7) is -1.88. The average Bonchev–Trinajstić information content (AvgIpc) is 2.35. The number of carbonyl (C=O) groups excluding carboxylic acids is 1. The normalized spacial score (nSPS) is 11.1. The van der Waals surface area contributed by atoms with Crippen LogP contribution in [0.2, 0.25) is 0 Å². The Labute approximate surface area is 106 Å². The largest absolute Gasteiger partial charge is 0.502 e. The van der Waals surface area contributed by atoms with Crippen LogP contribution >= 0.6 is 0 Å². The van der Waals surface area contributed by atoms with E-state index in [0.29, 0.717) is 0 Å². The van der Waals surface area contributed by atoms with Gasteiger partial charge in [0.2, 0.25) is 0 Å². The van der Waals surface area contributed by atoms with Gasteiger partial charge in [0, 0.05) is 11.6 Å². The number of rotatable bonds is 5. The molecule has 0 aromatic heterocycles. The Kier molecular flexibility index (Phi) is 4.33. The highest BCUT2D eigenvalue weighted by atomic mass is 19.3. The SMILES string of the molecule is NCC(F)(F)CNC(=O)c1ccc([N+](=O)[O-])c(O)c1. The molecule has 1 aromatic rings. The maximum absolute atomic E-state index is 12.8. The molecule has 104 valence electrons. The lowest BCUT2D eigenvalue weighted by Gasteiger charge is -2.14. The lowest BCUT2D eigenvalue weighted by atomic mass is 10.1. The fourth-order valence-corrected chi connectivity index (χ4v) is 1.20. The van der Waals surface area contributed by atoms with E-state index < -0.39 is 41.3 Å². The number of hydrogen-bond donors (Lipinski definition) is 3. The molecule has 0 saturated heterocycles. The van der Waals surface area contributed by atoms with Crippen molar-refractivity contribution >= 4 is 11.6 Å². The lowest BCUT2D eigenvalue weighted by molar-refractivity contribution is -0.385. The molecule has 1 amide bonds. The summed E-state index contributed by atoms with van der Waals surface area (Å²) in [4.78, 5) is 21.1. The number of benzene rings is 1. The van der Waals surface area contributed by atoms with Crippen LogP contribution < -0.4 is 11.1 Å². The van der Waals surface area contributed by atoms with Crippen molar-refractivity contribution in [3.63, 3.8) is 0 Å². The van der Waals surface area contributed by atoms with Gasteiger partial charge in [0.05, 0.1) is 18.0 Å². The number of nitro benzene ring substituents is 1. The number of alkyl halides is 2. The van der Waals surface area contributed by atoms with Gasteiger partial charge in [-0.15, -0.1) is 0 Å². The molecule has 0 unspecified atom stereocenters. The third-order valence-corrected chi connectivity index (χ3v) is 2.24. The van der Waals surface area contributed by atoms with Gasteiger partial charge < -0.3 is 16.2 Å². The molecule has 0 aliphatic carbocycles. The quantitative estimate of drug-likeness (QED) is 0.537. The van der Waals surface area contributed by atoms with E-state index in [4.69, 9.17) is 5.73 Å². The third-order valence-electron chi connectivity index (χ3n) is 2.24. The molecule has 0 atom stereocenters. The average molecular weight is 275 g/mol. The number of phenols is 1. The summed E-state index contributed by atoms with van der Waals surface area (Å²) >= 11 is 0. The molecular formula is C10H11F2N3O4. The summed E-state index contributed by atoms with van der Waals surface area (Å²) < 4.78 is 25.6. The molecule has 0 radical (unpaired) electrons. The zero-order valence-electron chi connectivity index (χ0n) is 9.60. The Hall–Kier alpha value is -2.29. The number of aromatic hydroxyl groups is 1. The zero-order valence-corrected chi connectivity index (χ0v) is 9.60. The molecule has 0 heterocycles. The van der Waals surface area contributed by atoms with Crippen molar-refractivity contribution in [2.75, 3.05) is 13.1 Å². The van der Waals surface area contributed by atoms with Crippen LogP contribution in [0, 0.1) is 10.1 Å². The molecule has 0 aliphatic rings. The molecule has 7 nitrogen and oxygen atoms in total. The number of halogens is 2. The molecule has 0 saturated carbocycles. The summed E-state index contributed by atoms with van der Waals surface area (Å²) in [5.41, 5.74) is 4.04. The predicted octanol–water partition coefficient (Wildman–Crippen LogP) is 0.624. The molecule has 0 bridgehead atoms. The number of phenolic OH excluding ortho intramolecular Hbond substituents is 1. The van der Waals surface area contributed by atoms with Gasteiger partial charge in [0.1, 0.15) is 0 Å². The second-order valence-corrected chi connectivity index (χ2v) is 3.70. The maximum atomic E-state index is 12.8. The van der Waals surface area contributed by atoms with Gasteiger partial charge in [-0.2, -0.15) is 0 Å². The van der Waals surface area contributed by atoms with E-state index in [0.717, 1.165) is 18.2 Å². The first-order chi connectivity index (χ1) is 8.76. The number of nitrogens with zero attached hydrogens (tertiary/aromatic N) is 1. The van der Waals surface area contributed by atoms with Gasteiger partial charge in [0.15, 0.2) is 5.75 Å². The van der Waals surface area contributed by atoms with Crippen LogP contribution in [0.4, 0.5) is 14.5 Å². The Balaban J connectivity index is 2.79. The lowest BCUT2D eigenvalue weighted by Crippen LogP contribution is -2.41. The predicted molar refractivity (Wildman–Crippen MR) is 61.1 cm³/mol. The van der Waals surface area contributed by atoms with Crippen molar-refractivity contribution in [1.82, 2.24) is 5.32 Å². The van der Waals surface area contributed by atoms with Crippen LogP contribution in [0.15, 0.2) is 18.2 Å². The second kappa shape index (κ2) is 5.57. The van der Waals surface area contributed by atoms with Crippen LogP contribution in [0.5, 0.6) is 5.75 Å². The van der Waals surface area contributed by atoms with E-state index in [9.17, 15) is 28.8 Å². The molecule has 0 fully saturated rings. The van der Waals surface area contributed by atoms with Crippen molar-refractivity contribution in [3.05, 3.63) is 33.9 Å². The molecular weight excluding hydrogens is 264 g/mol. The fourth-order valence-electron chi connectivity index (χ4n) is 1.20. The molecule has 9 heteroatoms. The van der Waals surface area contributed by atoms with Crippen LogP contribution in [0.1, 0.15) is 10.4 Å². The summed E-state index contributed by atoms with van der Waals surface area (Å²) in [7, 11) is 0. The van der Waals surface area contributed by atoms with Crippen LogP contribution in [-0.2, 0) is 0 Å². The van der Waals surface area contributed by atoms with E-state index in [1.54, 1.807) is 0 Å². The minimum absolute atomic E-state index is 0.170. The minimum atomic E-state index is -3.24. The van der Waals surface area contributed by atoms with Gasteiger partial charge in [-0.1, -0.05) is 0 Å². The number of hydrogen-bond acceptors (Lipinski definition) is 5. The summed E-state index contributed by atoms with van der Waals surface area (Å²) in [6.07, 6.45) is 0. The van der Waals surface area contributed by atoms with Crippen molar-refractivity contribution in [3.8, 4) is 5.75 Å². The van der Waals surface area contributed by atoms with Crippen LogP contribution in [0.25, 0.3) is 0 Å². The number of nitrogens with one attached hydrogen (secondary N) is 1. The van der Waals surface area contributed by atoms with E-state index in [-0.39, 0.29) is 5.56 Å². The molecule has 1 aromatic carbocycles. The van der Waals surface area contributed by atoms with Crippen LogP contribution in [-0.4, -0.2) is 34.9 Å². The highest BCUT2D eigenvalue weighted by Crippen LogP contribution is 2.26. The Bertz CT molecular complexity index is 508. The number of carbonyl (C=O) groups is 1. The molecule has 0 spiro atoms. The van der Waals surface area contributed by atoms with Gasteiger partial charge in [-0.3, -0.25) is 14.9 Å². The number of nitro groups is 1. The fraction of sp³-hybridized carbons (Fsp3) is 0.300. The minimum Gasteiger partial charge on any atom is -0.502 e. The van der Waals surface area contributed by atoms with E-state index in [1.807, 2.05) is 5.32 Å². The van der Waals surface area contributed by atoms with Gasteiger partial charge in [-0.25, -0.2) is 8.78 Å². The second-order valence-electron chi connectivity index (χ2n) is 3.70. The van der Waals surface area contributed by atoms with E-state index >= 15 is 0 Å². The highest BCUT2D eigenvalue weighted by molar-refractivity contribution is 5.95. The van der Waals surface area contributed by atoms with Crippen molar-refractivity contribution in [2.45, 2.75) is 5.92 Å². The molecule has 1 rings (SSSR count). The van der Waals surface area contributed by atoms with Gasteiger partial charge in [0.25, 0.3) is 11.8 Å². The Morgan fingerprint density at radius 3 is 2.63 bits per heavy atom. The van der Waals surface area contributed by atoms with Crippen molar-refractivity contribution in [1.29, 1.82) is 0 Å². The first kappa shape index (κ1) is 14.8. The first-order valence-corrected chi connectivity index (χ1v) is 5.10.